The number of fused-ring (bicyclic) bond motifs is 1. The van der Waals surface area contributed by atoms with Crippen LogP contribution in [0.25, 0.3) is 11.0 Å². The fraction of sp³-hybridized carbons (Fsp3) is 0.300. The van der Waals surface area contributed by atoms with Crippen LogP contribution in [0.1, 0.15) is 11.1 Å². The second kappa shape index (κ2) is 8.99. The van der Waals surface area contributed by atoms with Crippen molar-refractivity contribution >= 4 is 34.4 Å². The molecule has 3 rings (SSSR count). The molecule has 1 amide bonds. The van der Waals surface area contributed by atoms with Crippen molar-refractivity contribution in [1.82, 2.24) is 14.5 Å². The number of ether oxygens (including phenoxy) is 1. The number of aryl methyl sites for hydroxylation is 1. The Morgan fingerprint density at radius 1 is 1.25 bits per heavy atom. The first-order chi connectivity index (χ1) is 13.5. The number of carbonyl (C=O) groups is 1. The molecule has 0 spiro atoms. The largest absolute Gasteiger partial charge is 0.383 e. The van der Waals surface area contributed by atoms with Gasteiger partial charge in [0.05, 0.1) is 24.3 Å². The van der Waals surface area contributed by atoms with E-state index in [1.54, 1.807) is 25.4 Å². The number of carbonyl (C=O) groups excluding carboxylic acids is 1. The fourth-order valence-electron chi connectivity index (χ4n) is 2.73. The van der Waals surface area contributed by atoms with Gasteiger partial charge < -0.3 is 10.1 Å². The van der Waals surface area contributed by atoms with E-state index in [2.05, 4.69) is 15.3 Å². The first-order valence-electron chi connectivity index (χ1n) is 8.84. The van der Waals surface area contributed by atoms with Crippen molar-refractivity contribution in [3.63, 3.8) is 0 Å². The van der Waals surface area contributed by atoms with Crippen LogP contribution in [0.4, 0.5) is 5.69 Å². The van der Waals surface area contributed by atoms with Crippen LogP contribution in [-0.2, 0) is 16.1 Å². The van der Waals surface area contributed by atoms with Gasteiger partial charge in [-0.05, 0) is 43.2 Å². The topological polar surface area (TPSA) is 86.1 Å². The number of aromatic nitrogens is 3. The van der Waals surface area contributed by atoms with Crippen molar-refractivity contribution in [2.45, 2.75) is 25.5 Å². The first-order valence-corrected chi connectivity index (χ1v) is 9.83. The molecule has 146 valence electrons. The van der Waals surface area contributed by atoms with E-state index in [1.165, 1.54) is 16.3 Å². The molecule has 2 aromatic heterocycles. The maximum absolute atomic E-state index is 12.8. The monoisotopic (exact) mass is 398 g/mol. The summed E-state index contributed by atoms with van der Waals surface area (Å²) in [6.45, 7) is 4.70. The molecule has 0 atom stereocenters. The van der Waals surface area contributed by atoms with Crippen LogP contribution in [-0.4, -0.2) is 39.9 Å². The quantitative estimate of drug-likeness (QED) is 0.487. The standard InChI is InChI=1S/C20H22N4O3S/c1-13-6-4-8-16(14(13)2)22-17(25)12-28-20-23-18-15(7-5-9-21-18)19(26)24(20)10-11-27-3/h4-9H,10-12H2,1-3H3,(H,22,25). The number of methoxy groups -OCH3 is 1. The Kier molecular flexibility index (Phi) is 6.43. The van der Waals surface area contributed by atoms with Crippen LogP contribution in [0.15, 0.2) is 46.5 Å². The van der Waals surface area contributed by atoms with Crippen molar-refractivity contribution in [3.05, 3.63) is 58.0 Å². The molecule has 7 nitrogen and oxygen atoms in total. The third kappa shape index (κ3) is 4.40. The zero-order chi connectivity index (χ0) is 20.1. The number of benzene rings is 1. The van der Waals surface area contributed by atoms with E-state index >= 15 is 0 Å². The number of amides is 1. The lowest BCUT2D eigenvalue weighted by molar-refractivity contribution is -0.113. The summed E-state index contributed by atoms with van der Waals surface area (Å²) in [5, 5.41) is 3.82. The molecule has 0 radical (unpaired) electrons. The highest BCUT2D eigenvalue weighted by molar-refractivity contribution is 7.99. The molecular formula is C20H22N4O3S. The van der Waals surface area contributed by atoms with Gasteiger partial charge >= 0.3 is 0 Å². The Balaban J connectivity index is 1.81. The second-order valence-corrected chi connectivity index (χ2v) is 7.25. The van der Waals surface area contributed by atoms with Crippen LogP contribution in [0.2, 0.25) is 0 Å². The highest BCUT2D eigenvalue weighted by Crippen LogP contribution is 2.20. The fourth-order valence-corrected chi connectivity index (χ4v) is 3.54. The number of hydrogen-bond donors (Lipinski definition) is 1. The summed E-state index contributed by atoms with van der Waals surface area (Å²) in [6.07, 6.45) is 1.59. The van der Waals surface area contributed by atoms with E-state index in [0.29, 0.717) is 29.3 Å². The van der Waals surface area contributed by atoms with Crippen molar-refractivity contribution in [1.29, 1.82) is 0 Å². The number of hydrogen-bond acceptors (Lipinski definition) is 6. The molecular weight excluding hydrogens is 376 g/mol. The van der Waals surface area contributed by atoms with Gasteiger partial charge in [0, 0.05) is 19.0 Å². The average Bonchev–Trinajstić information content (AvgIpc) is 2.69. The van der Waals surface area contributed by atoms with Crippen molar-refractivity contribution in [3.8, 4) is 0 Å². The average molecular weight is 398 g/mol. The molecule has 8 heteroatoms. The summed E-state index contributed by atoms with van der Waals surface area (Å²) in [5.74, 6) is -0.0297. The van der Waals surface area contributed by atoms with Crippen molar-refractivity contribution in [2.24, 2.45) is 0 Å². The SMILES string of the molecule is COCCn1c(SCC(=O)Nc2cccc(C)c2C)nc2ncccc2c1=O. The van der Waals surface area contributed by atoms with Crippen LogP contribution in [0, 0.1) is 13.8 Å². The molecule has 0 fully saturated rings. The summed E-state index contributed by atoms with van der Waals surface area (Å²) in [6, 6.07) is 9.18. The smallest absolute Gasteiger partial charge is 0.263 e. The number of pyridine rings is 1. The lowest BCUT2D eigenvalue weighted by Gasteiger charge is -2.13. The lowest BCUT2D eigenvalue weighted by atomic mass is 10.1. The third-order valence-electron chi connectivity index (χ3n) is 4.42. The normalized spacial score (nSPS) is 11.0. The molecule has 1 aromatic carbocycles. The van der Waals surface area contributed by atoms with Gasteiger partial charge in [-0.15, -0.1) is 0 Å². The van der Waals surface area contributed by atoms with E-state index in [0.717, 1.165) is 16.8 Å². The minimum absolute atomic E-state index is 0.130. The van der Waals surface area contributed by atoms with Crippen LogP contribution < -0.4 is 10.9 Å². The minimum Gasteiger partial charge on any atom is -0.383 e. The predicted octanol–water partition coefficient (Wildman–Crippen LogP) is 2.79. The summed E-state index contributed by atoms with van der Waals surface area (Å²) in [5.41, 5.74) is 3.12. The van der Waals surface area contributed by atoms with Gasteiger partial charge in [-0.2, -0.15) is 0 Å². The number of anilines is 1. The predicted molar refractivity (Wildman–Crippen MR) is 111 cm³/mol. The first kappa shape index (κ1) is 20.0. The van der Waals surface area contributed by atoms with E-state index in [1.807, 2.05) is 32.0 Å². The van der Waals surface area contributed by atoms with Gasteiger partial charge in [-0.3, -0.25) is 14.2 Å². The van der Waals surface area contributed by atoms with Crippen LogP contribution in [0.3, 0.4) is 0 Å². The highest BCUT2D eigenvalue weighted by atomic mass is 32.2. The highest BCUT2D eigenvalue weighted by Gasteiger charge is 2.14. The molecule has 3 aromatic rings. The molecule has 0 bridgehead atoms. The van der Waals surface area contributed by atoms with Gasteiger partial charge in [0.1, 0.15) is 0 Å². The molecule has 0 aliphatic heterocycles. The molecule has 2 heterocycles. The summed E-state index contributed by atoms with van der Waals surface area (Å²) < 4.78 is 6.64. The summed E-state index contributed by atoms with van der Waals surface area (Å²) in [7, 11) is 1.57. The number of rotatable bonds is 7. The molecule has 28 heavy (non-hydrogen) atoms. The maximum atomic E-state index is 12.8. The van der Waals surface area contributed by atoms with E-state index in [4.69, 9.17) is 4.74 Å². The van der Waals surface area contributed by atoms with Gasteiger partial charge in [0.2, 0.25) is 5.91 Å². The Morgan fingerprint density at radius 3 is 2.86 bits per heavy atom. The second-order valence-electron chi connectivity index (χ2n) is 6.30. The molecule has 0 aliphatic rings. The summed E-state index contributed by atoms with van der Waals surface area (Å²) >= 11 is 1.21. The van der Waals surface area contributed by atoms with Crippen LogP contribution in [0.5, 0.6) is 0 Å². The number of nitrogens with zero attached hydrogens (tertiary/aromatic N) is 3. The molecule has 0 saturated carbocycles. The molecule has 0 unspecified atom stereocenters. The van der Waals surface area contributed by atoms with E-state index < -0.39 is 0 Å². The van der Waals surface area contributed by atoms with Crippen molar-refractivity contribution < 1.29 is 9.53 Å². The third-order valence-corrected chi connectivity index (χ3v) is 5.40. The van der Waals surface area contributed by atoms with Gasteiger partial charge in [-0.25, -0.2) is 9.97 Å². The Morgan fingerprint density at radius 2 is 2.07 bits per heavy atom. The van der Waals surface area contributed by atoms with E-state index in [-0.39, 0.29) is 17.2 Å². The van der Waals surface area contributed by atoms with Gasteiger partial charge in [0.25, 0.3) is 5.56 Å². The maximum Gasteiger partial charge on any atom is 0.263 e. The Bertz CT molecular complexity index is 1060. The zero-order valence-corrected chi connectivity index (χ0v) is 16.9. The van der Waals surface area contributed by atoms with E-state index in [9.17, 15) is 9.59 Å². The minimum atomic E-state index is -0.187. The summed E-state index contributed by atoms with van der Waals surface area (Å²) in [4.78, 5) is 33.9. The lowest BCUT2D eigenvalue weighted by Crippen LogP contribution is -2.26. The number of nitrogens with one attached hydrogen (secondary N) is 1. The van der Waals surface area contributed by atoms with Gasteiger partial charge in [0.15, 0.2) is 10.8 Å². The van der Waals surface area contributed by atoms with Gasteiger partial charge in [-0.1, -0.05) is 23.9 Å². The Labute approximate surface area is 167 Å². The molecule has 0 aliphatic carbocycles. The Hall–Kier alpha value is -2.71. The molecule has 1 N–H and O–H groups in total. The van der Waals surface area contributed by atoms with Crippen LogP contribution >= 0.6 is 11.8 Å². The number of thioether (sulfide) groups is 1. The zero-order valence-electron chi connectivity index (χ0n) is 16.1. The molecule has 0 saturated heterocycles. The van der Waals surface area contributed by atoms with Crippen molar-refractivity contribution in [2.75, 3.05) is 24.8 Å².